The molecule has 0 spiro atoms. The van der Waals surface area contributed by atoms with Crippen LogP contribution in [0, 0.1) is 0 Å². The average Bonchev–Trinajstić information content (AvgIpc) is 2.43. The molecule has 3 aromatic rings. The van der Waals surface area contributed by atoms with Crippen LogP contribution < -0.4 is 0 Å². The summed E-state index contributed by atoms with van der Waals surface area (Å²) in [7, 11) is 0. The summed E-state index contributed by atoms with van der Waals surface area (Å²) in [5, 5.41) is 4.40. The zero-order chi connectivity index (χ0) is 13.2. The zero-order valence-corrected chi connectivity index (χ0v) is 12.1. The van der Waals surface area contributed by atoms with Crippen molar-refractivity contribution in [2.24, 2.45) is 0 Å². The van der Waals surface area contributed by atoms with Gasteiger partial charge in [-0.1, -0.05) is 59.6 Å². The van der Waals surface area contributed by atoms with Gasteiger partial charge in [-0.15, -0.1) is 11.6 Å². The predicted molar refractivity (Wildman–Crippen MR) is 83.4 cm³/mol. The molecule has 1 aliphatic carbocycles. The van der Waals surface area contributed by atoms with Crippen molar-refractivity contribution in [2.45, 2.75) is 9.71 Å². The predicted octanol–water partition coefficient (Wildman–Crippen LogP) is 5.92. The molecule has 4 rings (SSSR count). The van der Waals surface area contributed by atoms with Gasteiger partial charge in [0, 0.05) is 0 Å². The van der Waals surface area contributed by atoms with Crippen molar-refractivity contribution in [3.63, 3.8) is 0 Å². The lowest BCUT2D eigenvalue weighted by molar-refractivity contribution is 0.707. The summed E-state index contributed by atoms with van der Waals surface area (Å²) in [5.41, 5.74) is 1.99. The van der Waals surface area contributed by atoms with Crippen LogP contribution >= 0.6 is 34.8 Å². The van der Waals surface area contributed by atoms with Crippen molar-refractivity contribution >= 4 is 56.3 Å². The Morgan fingerprint density at radius 1 is 0.842 bits per heavy atom. The van der Waals surface area contributed by atoms with Crippen LogP contribution in [0.25, 0.3) is 21.5 Å². The second kappa shape index (κ2) is 3.79. The topological polar surface area (TPSA) is 0 Å². The Hall–Kier alpha value is -0.950. The van der Waals surface area contributed by atoms with Crippen molar-refractivity contribution in [3.8, 4) is 0 Å². The highest BCUT2D eigenvalue weighted by Gasteiger charge is 2.49. The monoisotopic (exact) mass is 306 g/mol. The fourth-order valence-corrected chi connectivity index (χ4v) is 3.74. The van der Waals surface area contributed by atoms with Gasteiger partial charge in [0.15, 0.2) is 4.33 Å². The molecule has 94 valence electrons. The molecule has 3 aromatic carbocycles. The van der Waals surface area contributed by atoms with Gasteiger partial charge in [0.1, 0.15) is 0 Å². The minimum atomic E-state index is -0.962. The van der Waals surface area contributed by atoms with Crippen molar-refractivity contribution in [2.75, 3.05) is 0 Å². The highest BCUT2D eigenvalue weighted by Crippen LogP contribution is 2.61. The van der Waals surface area contributed by atoms with Gasteiger partial charge in [-0.3, -0.25) is 0 Å². The smallest absolute Gasteiger partial charge is 0.114 e. The van der Waals surface area contributed by atoms with Crippen LogP contribution in [0.4, 0.5) is 0 Å². The quantitative estimate of drug-likeness (QED) is 0.357. The number of rotatable bonds is 0. The average molecular weight is 308 g/mol. The second-order valence-electron chi connectivity index (χ2n) is 4.93. The fourth-order valence-electron chi connectivity index (χ4n) is 2.84. The molecule has 0 saturated carbocycles. The number of benzene rings is 3. The van der Waals surface area contributed by atoms with Crippen LogP contribution in [0.15, 0.2) is 48.5 Å². The molecule has 0 nitrogen and oxygen atoms in total. The van der Waals surface area contributed by atoms with E-state index >= 15 is 0 Å². The first-order chi connectivity index (χ1) is 9.09. The Kier molecular flexibility index (Phi) is 2.36. The molecule has 0 heterocycles. The molecule has 1 unspecified atom stereocenters. The normalized spacial score (nSPS) is 20.3. The molecule has 0 N–H and O–H groups in total. The maximum Gasteiger partial charge on any atom is 0.163 e. The van der Waals surface area contributed by atoms with Crippen molar-refractivity contribution < 1.29 is 0 Å². The summed E-state index contributed by atoms with van der Waals surface area (Å²) in [4.78, 5) is 0. The summed E-state index contributed by atoms with van der Waals surface area (Å²) in [5.74, 6) is 0. The molecule has 0 saturated heterocycles. The van der Waals surface area contributed by atoms with Gasteiger partial charge in [0.2, 0.25) is 0 Å². The number of hydrogen-bond acceptors (Lipinski definition) is 0. The summed E-state index contributed by atoms with van der Waals surface area (Å²) in [6.07, 6.45) is 0. The largest absolute Gasteiger partial charge is 0.163 e. The Bertz CT molecular complexity index is 821. The first kappa shape index (κ1) is 11.8. The Morgan fingerprint density at radius 3 is 2.26 bits per heavy atom. The van der Waals surface area contributed by atoms with E-state index in [1.165, 1.54) is 16.2 Å². The van der Waals surface area contributed by atoms with E-state index in [1.807, 2.05) is 18.2 Å². The first-order valence-electron chi connectivity index (χ1n) is 6.07. The Labute approximate surface area is 125 Å². The molecule has 0 aromatic heterocycles. The van der Waals surface area contributed by atoms with Gasteiger partial charge in [0.05, 0.1) is 5.38 Å². The van der Waals surface area contributed by atoms with Crippen molar-refractivity contribution in [3.05, 3.63) is 59.7 Å². The van der Waals surface area contributed by atoms with E-state index in [0.29, 0.717) is 0 Å². The summed E-state index contributed by atoms with van der Waals surface area (Å²) < 4.78 is -0.962. The fraction of sp³-hybridized carbons (Fsp3) is 0.125. The van der Waals surface area contributed by atoms with Crippen molar-refractivity contribution in [1.82, 2.24) is 0 Å². The van der Waals surface area contributed by atoms with Crippen LogP contribution in [-0.4, -0.2) is 0 Å². The lowest BCUT2D eigenvalue weighted by Gasteiger charge is -2.39. The Morgan fingerprint density at radius 2 is 1.53 bits per heavy atom. The summed E-state index contributed by atoms with van der Waals surface area (Å²) in [6, 6.07) is 16.7. The second-order valence-corrected chi connectivity index (χ2v) is 6.76. The highest BCUT2D eigenvalue weighted by molar-refractivity contribution is 6.54. The summed E-state index contributed by atoms with van der Waals surface area (Å²) >= 11 is 18.8. The van der Waals surface area contributed by atoms with E-state index in [4.69, 9.17) is 34.8 Å². The van der Waals surface area contributed by atoms with Gasteiger partial charge >= 0.3 is 0 Å². The molecule has 1 atom stereocenters. The number of halogens is 3. The zero-order valence-electron chi connectivity index (χ0n) is 9.83. The molecule has 0 bridgehead atoms. The standard InChI is InChI=1S/C16H9Cl3/c17-15-14-12-8-10-4-2-1-3-9(10)7-11(12)5-6-13(14)16(15,18)19/h1-8,15H. The molecule has 1 aliphatic rings. The minimum Gasteiger partial charge on any atom is -0.114 e. The lowest BCUT2D eigenvalue weighted by Crippen LogP contribution is -2.30. The molecular weight excluding hydrogens is 299 g/mol. The molecule has 0 radical (unpaired) electrons. The van der Waals surface area contributed by atoms with E-state index in [1.54, 1.807) is 0 Å². The van der Waals surface area contributed by atoms with Crippen LogP contribution in [0.2, 0.25) is 0 Å². The maximum absolute atomic E-state index is 6.34. The third-order valence-electron chi connectivity index (χ3n) is 3.86. The van der Waals surface area contributed by atoms with Gasteiger partial charge in [0.25, 0.3) is 0 Å². The van der Waals surface area contributed by atoms with E-state index < -0.39 is 4.33 Å². The number of fused-ring (bicyclic) bond motifs is 4. The van der Waals surface area contributed by atoms with Gasteiger partial charge in [-0.05, 0) is 44.8 Å². The van der Waals surface area contributed by atoms with Crippen LogP contribution in [0.5, 0.6) is 0 Å². The van der Waals surface area contributed by atoms with Gasteiger partial charge < -0.3 is 0 Å². The highest BCUT2D eigenvalue weighted by atomic mass is 35.5. The maximum atomic E-state index is 6.34. The van der Waals surface area contributed by atoms with E-state index in [2.05, 4.69) is 30.3 Å². The van der Waals surface area contributed by atoms with E-state index in [0.717, 1.165) is 16.5 Å². The van der Waals surface area contributed by atoms with Crippen LogP contribution in [0.3, 0.4) is 0 Å². The van der Waals surface area contributed by atoms with Crippen LogP contribution in [-0.2, 0) is 4.33 Å². The molecular formula is C16H9Cl3. The molecule has 0 aliphatic heterocycles. The summed E-state index contributed by atoms with van der Waals surface area (Å²) in [6.45, 7) is 0. The van der Waals surface area contributed by atoms with E-state index in [-0.39, 0.29) is 5.38 Å². The van der Waals surface area contributed by atoms with Gasteiger partial charge in [-0.25, -0.2) is 0 Å². The third-order valence-corrected chi connectivity index (χ3v) is 5.47. The first-order valence-corrected chi connectivity index (χ1v) is 7.26. The number of hydrogen-bond donors (Lipinski definition) is 0. The molecule has 0 fully saturated rings. The third kappa shape index (κ3) is 1.48. The molecule has 0 amide bonds. The Balaban J connectivity index is 2.13. The van der Waals surface area contributed by atoms with Crippen LogP contribution in [0.1, 0.15) is 16.5 Å². The lowest BCUT2D eigenvalue weighted by atomic mass is 9.82. The molecule has 3 heteroatoms. The van der Waals surface area contributed by atoms with Gasteiger partial charge in [-0.2, -0.15) is 0 Å². The number of alkyl halides is 3. The SMILES string of the molecule is ClC1c2c(ccc3cc4ccccc4cc23)C1(Cl)Cl. The molecule has 19 heavy (non-hydrogen) atoms. The van der Waals surface area contributed by atoms with E-state index in [9.17, 15) is 0 Å². The minimum absolute atomic E-state index is 0.351. The van der Waals surface area contributed by atoms with Crippen molar-refractivity contribution in [1.29, 1.82) is 0 Å².